The summed E-state index contributed by atoms with van der Waals surface area (Å²) in [6, 6.07) is 18.2. The number of hydrogen-bond donors (Lipinski definition) is 2. The van der Waals surface area contributed by atoms with Gasteiger partial charge in [0.25, 0.3) is 5.91 Å². The summed E-state index contributed by atoms with van der Waals surface area (Å²) in [5, 5.41) is 11.3. The molecule has 1 saturated heterocycles. The van der Waals surface area contributed by atoms with Crippen LogP contribution in [-0.4, -0.2) is 34.8 Å². The fourth-order valence-electron chi connectivity index (χ4n) is 3.50. The van der Waals surface area contributed by atoms with E-state index in [0.29, 0.717) is 11.3 Å². The number of rotatable bonds is 4. The average molecular weight is 360 g/mol. The zero-order valence-electron chi connectivity index (χ0n) is 15.5. The van der Waals surface area contributed by atoms with Crippen LogP contribution >= 0.6 is 0 Å². The van der Waals surface area contributed by atoms with Crippen molar-refractivity contribution in [2.75, 3.05) is 13.1 Å². The summed E-state index contributed by atoms with van der Waals surface area (Å²) in [5.41, 5.74) is 4.35. The van der Waals surface area contributed by atoms with Gasteiger partial charge in [-0.15, -0.1) is 0 Å². The molecule has 1 fully saturated rings. The maximum atomic E-state index is 13.0. The van der Waals surface area contributed by atoms with Crippen LogP contribution in [0.4, 0.5) is 0 Å². The molecule has 0 aliphatic carbocycles. The maximum absolute atomic E-state index is 13.0. The van der Waals surface area contributed by atoms with E-state index in [0.717, 1.165) is 42.7 Å². The molecule has 5 nitrogen and oxygen atoms in total. The normalized spacial score (nSPS) is 16.9. The number of carbonyl (C=O) groups is 1. The van der Waals surface area contributed by atoms with Crippen molar-refractivity contribution in [1.29, 1.82) is 0 Å². The van der Waals surface area contributed by atoms with Crippen molar-refractivity contribution in [2.24, 2.45) is 0 Å². The summed E-state index contributed by atoms with van der Waals surface area (Å²) < 4.78 is 1.78. The number of aromatic nitrogens is 2. The first-order valence-electron chi connectivity index (χ1n) is 9.44. The molecule has 1 atom stereocenters. The standard InChI is InChI=1S/C22H24N4O/c1-16-7-5-8-17(13-16)21-20(22(27)24-18-9-6-12-23-14-18)15-26(25-21)19-10-3-2-4-11-19/h2-5,7-8,10-11,13,15,18,23H,6,9,12,14H2,1H3,(H,24,27)/t18-/m0/s1. The van der Waals surface area contributed by atoms with Gasteiger partial charge in [-0.05, 0) is 44.5 Å². The van der Waals surface area contributed by atoms with E-state index in [2.05, 4.69) is 16.7 Å². The van der Waals surface area contributed by atoms with E-state index in [1.807, 2.05) is 61.7 Å². The average Bonchev–Trinajstić information content (AvgIpc) is 3.15. The molecule has 4 rings (SSSR count). The monoisotopic (exact) mass is 360 g/mol. The second-order valence-electron chi connectivity index (χ2n) is 7.06. The van der Waals surface area contributed by atoms with E-state index in [9.17, 15) is 4.79 Å². The number of aryl methyl sites for hydroxylation is 1. The number of amides is 1. The molecule has 0 unspecified atom stereocenters. The van der Waals surface area contributed by atoms with Gasteiger partial charge in [0.2, 0.25) is 0 Å². The highest BCUT2D eigenvalue weighted by molar-refractivity contribution is 6.00. The summed E-state index contributed by atoms with van der Waals surface area (Å²) in [5.74, 6) is -0.0672. The van der Waals surface area contributed by atoms with Crippen LogP contribution in [-0.2, 0) is 0 Å². The van der Waals surface area contributed by atoms with Crippen LogP contribution < -0.4 is 10.6 Å². The minimum absolute atomic E-state index is 0.0672. The fraction of sp³-hybridized carbons (Fsp3) is 0.273. The Balaban J connectivity index is 1.71. The second-order valence-corrected chi connectivity index (χ2v) is 7.06. The van der Waals surface area contributed by atoms with Crippen molar-refractivity contribution in [1.82, 2.24) is 20.4 Å². The van der Waals surface area contributed by atoms with Gasteiger partial charge in [0.15, 0.2) is 0 Å². The molecule has 1 amide bonds. The lowest BCUT2D eigenvalue weighted by atomic mass is 10.0. The number of para-hydroxylation sites is 1. The zero-order chi connectivity index (χ0) is 18.6. The summed E-state index contributed by atoms with van der Waals surface area (Å²) in [6.45, 7) is 3.89. The number of piperidine rings is 1. The minimum Gasteiger partial charge on any atom is -0.348 e. The quantitative estimate of drug-likeness (QED) is 0.750. The van der Waals surface area contributed by atoms with Gasteiger partial charge in [0.1, 0.15) is 5.69 Å². The molecule has 0 spiro atoms. The van der Waals surface area contributed by atoms with Gasteiger partial charge in [-0.25, -0.2) is 4.68 Å². The minimum atomic E-state index is -0.0672. The van der Waals surface area contributed by atoms with Crippen LogP contribution in [0.2, 0.25) is 0 Å². The number of benzene rings is 2. The van der Waals surface area contributed by atoms with Crippen LogP contribution in [0.1, 0.15) is 28.8 Å². The van der Waals surface area contributed by atoms with E-state index < -0.39 is 0 Å². The van der Waals surface area contributed by atoms with Crippen molar-refractivity contribution in [3.05, 3.63) is 71.9 Å². The Kier molecular flexibility index (Phi) is 5.03. The highest BCUT2D eigenvalue weighted by atomic mass is 16.1. The van der Waals surface area contributed by atoms with E-state index >= 15 is 0 Å². The smallest absolute Gasteiger partial charge is 0.255 e. The first kappa shape index (κ1) is 17.5. The van der Waals surface area contributed by atoms with Crippen LogP contribution in [0.3, 0.4) is 0 Å². The molecule has 2 aromatic carbocycles. The Morgan fingerprint density at radius 3 is 2.78 bits per heavy atom. The topological polar surface area (TPSA) is 59.0 Å². The molecular weight excluding hydrogens is 336 g/mol. The third-order valence-electron chi connectivity index (χ3n) is 4.90. The second kappa shape index (κ2) is 7.76. The van der Waals surface area contributed by atoms with E-state index in [4.69, 9.17) is 5.10 Å². The van der Waals surface area contributed by atoms with Gasteiger partial charge >= 0.3 is 0 Å². The lowest BCUT2D eigenvalue weighted by Gasteiger charge is -2.23. The molecule has 27 heavy (non-hydrogen) atoms. The molecule has 138 valence electrons. The largest absolute Gasteiger partial charge is 0.348 e. The Bertz CT molecular complexity index is 926. The summed E-state index contributed by atoms with van der Waals surface area (Å²) >= 11 is 0. The van der Waals surface area contributed by atoms with Crippen molar-refractivity contribution >= 4 is 5.91 Å². The molecule has 0 radical (unpaired) electrons. The maximum Gasteiger partial charge on any atom is 0.255 e. The van der Waals surface area contributed by atoms with Gasteiger partial charge in [-0.2, -0.15) is 5.10 Å². The van der Waals surface area contributed by atoms with Crippen LogP contribution in [0, 0.1) is 6.92 Å². The molecule has 2 N–H and O–H groups in total. The van der Waals surface area contributed by atoms with Crippen molar-refractivity contribution in [3.8, 4) is 16.9 Å². The molecule has 3 aromatic rings. The number of carbonyl (C=O) groups excluding carboxylic acids is 1. The predicted molar refractivity (Wildman–Crippen MR) is 107 cm³/mol. The molecule has 1 aliphatic heterocycles. The molecule has 5 heteroatoms. The number of nitrogens with zero attached hydrogens (tertiary/aromatic N) is 2. The fourth-order valence-corrected chi connectivity index (χ4v) is 3.50. The van der Waals surface area contributed by atoms with Crippen LogP contribution in [0.5, 0.6) is 0 Å². The SMILES string of the molecule is Cc1cccc(-c2nn(-c3ccccc3)cc2C(=O)N[C@H]2CCCNC2)c1. The van der Waals surface area contributed by atoms with E-state index in [1.165, 1.54) is 0 Å². The first-order valence-corrected chi connectivity index (χ1v) is 9.44. The Morgan fingerprint density at radius 1 is 1.19 bits per heavy atom. The first-order chi connectivity index (χ1) is 13.2. The lowest BCUT2D eigenvalue weighted by molar-refractivity contribution is 0.0931. The Labute approximate surface area is 159 Å². The van der Waals surface area contributed by atoms with Gasteiger partial charge in [0, 0.05) is 24.3 Å². The van der Waals surface area contributed by atoms with Crippen molar-refractivity contribution in [2.45, 2.75) is 25.8 Å². The molecule has 1 aliphatic rings. The molecular formula is C22H24N4O. The predicted octanol–water partition coefficient (Wildman–Crippen LogP) is 3.33. The van der Waals surface area contributed by atoms with Gasteiger partial charge in [-0.1, -0.05) is 42.0 Å². The van der Waals surface area contributed by atoms with Crippen molar-refractivity contribution < 1.29 is 4.79 Å². The third-order valence-corrected chi connectivity index (χ3v) is 4.90. The van der Waals surface area contributed by atoms with Gasteiger partial charge in [0.05, 0.1) is 11.3 Å². The Hall–Kier alpha value is -2.92. The number of hydrogen-bond acceptors (Lipinski definition) is 3. The highest BCUT2D eigenvalue weighted by Gasteiger charge is 2.22. The van der Waals surface area contributed by atoms with Crippen LogP contribution in [0.25, 0.3) is 16.9 Å². The third kappa shape index (κ3) is 3.93. The molecule has 1 aromatic heterocycles. The van der Waals surface area contributed by atoms with E-state index in [-0.39, 0.29) is 11.9 Å². The van der Waals surface area contributed by atoms with Crippen LogP contribution in [0.15, 0.2) is 60.8 Å². The van der Waals surface area contributed by atoms with Crippen molar-refractivity contribution in [3.63, 3.8) is 0 Å². The van der Waals surface area contributed by atoms with Gasteiger partial charge < -0.3 is 10.6 Å². The highest BCUT2D eigenvalue weighted by Crippen LogP contribution is 2.25. The lowest BCUT2D eigenvalue weighted by Crippen LogP contribution is -2.45. The summed E-state index contributed by atoms with van der Waals surface area (Å²) in [7, 11) is 0. The molecule has 0 bridgehead atoms. The molecule has 2 heterocycles. The Morgan fingerprint density at radius 2 is 2.04 bits per heavy atom. The summed E-state index contributed by atoms with van der Waals surface area (Å²) in [6.07, 6.45) is 3.92. The van der Waals surface area contributed by atoms with E-state index in [1.54, 1.807) is 4.68 Å². The summed E-state index contributed by atoms with van der Waals surface area (Å²) in [4.78, 5) is 13.0. The van der Waals surface area contributed by atoms with Gasteiger partial charge in [-0.3, -0.25) is 4.79 Å². The number of nitrogens with one attached hydrogen (secondary N) is 2. The zero-order valence-corrected chi connectivity index (χ0v) is 15.5. The molecule has 0 saturated carbocycles.